The zero-order valence-electron chi connectivity index (χ0n) is 10.3. The van der Waals surface area contributed by atoms with Crippen LogP contribution in [-0.4, -0.2) is 21.1 Å². The summed E-state index contributed by atoms with van der Waals surface area (Å²) < 4.78 is 2.18. The van der Waals surface area contributed by atoms with Gasteiger partial charge in [0, 0.05) is 36.4 Å². The fraction of sp³-hybridized carbons (Fsp3) is 0.500. The van der Waals surface area contributed by atoms with Crippen molar-refractivity contribution in [1.29, 1.82) is 0 Å². The Bertz CT molecular complexity index is 461. The first-order chi connectivity index (χ1) is 8.33. The standard InChI is InChI=1S/C12H18N4S/c1-3-5-14-12-15-8-10(17-12)9-16-7-6-13-11(16)4-2/h6-8H,3-5,9H2,1-2H3,(H,14,15). The second kappa shape index (κ2) is 5.82. The van der Waals surface area contributed by atoms with Crippen molar-refractivity contribution in [3.63, 3.8) is 0 Å². The minimum atomic E-state index is 0.870. The first-order valence-corrected chi connectivity index (χ1v) is 6.83. The van der Waals surface area contributed by atoms with Crippen LogP contribution in [0.15, 0.2) is 18.6 Å². The fourth-order valence-corrected chi connectivity index (χ4v) is 2.50. The van der Waals surface area contributed by atoms with Gasteiger partial charge in [-0.1, -0.05) is 13.8 Å². The summed E-state index contributed by atoms with van der Waals surface area (Å²) in [6, 6.07) is 0. The van der Waals surface area contributed by atoms with E-state index in [0.717, 1.165) is 36.9 Å². The van der Waals surface area contributed by atoms with Crippen molar-refractivity contribution in [3.8, 4) is 0 Å². The Hall–Kier alpha value is -1.36. The monoisotopic (exact) mass is 250 g/mol. The van der Waals surface area contributed by atoms with E-state index in [4.69, 9.17) is 0 Å². The molecular weight excluding hydrogens is 232 g/mol. The van der Waals surface area contributed by atoms with Crippen LogP contribution in [0.2, 0.25) is 0 Å². The molecule has 0 fully saturated rings. The lowest BCUT2D eigenvalue weighted by Gasteiger charge is -2.03. The highest BCUT2D eigenvalue weighted by atomic mass is 32.1. The Morgan fingerprint density at radius 2 is 2.24 bits per heavy atom. The Morgan fingerprint density at radius 1 is 1.35 bits per heavy atom. The minimum absolute atomic E-state index is 0.870. The van der Waals surface area contributed by atoms with E-state index in [1.54, 1.807) is 11.3 Å². The maximum Gasteiger partial charge on any atom is 0.182 e. The average Bonchev–Trinajstić information content (AvgIpc) is 2.96. The van der Waals surface area contributed by atoms with Gasteiger partial charge in [-0.15, -0.1) is 11.3 Å². The number of nitrogens with zero attached hydrogens (tertiary/aromatic N) is 3. The van der Waals surface area contributed by atoms with Gasteiger partial charge in [-0.2, -0.15) is 0 Å². The Balaban J connectivity index is 2.01. The largest absolute Gasteiger partial charge is 0.362 e. The molecule has 0 aliphatic rings. The smallest absolute Gasteiger partial charge is 0.182 e. The summed E-state index contributed by atoms with van der Waals surface area (Å²) in [5.74, 6) is 1.13. The fourth-order valence-electron chi connectivity index (χ4n) is 1.66. The predicted octanol–water partition coefficient (Wildman–Crippen LogP) is 2.77. The summed E-state index contributed by atoms with van der Waals surface area (Å²) in [4.78, 5) is 9.94. The van der Waals surface area contributed by atoms with Gasteiger partial charge in [-0.3, -0.25) is 0 Å². The molecule has 4 nitrogen and oxygen atoms in total. The number of hydrogen-bond acceptors (Lipinski definition) is 4. The molecular formula is C12H18N4S. The van der Waals surface area contributed by atoms with Gasteiger partial charge >= 0.3 is 0 Å². The van der Waals surface area contributed by atoms with Gasteiger partial charge in [0.1, 0.15) is 5.82 Å². The number of aromatic nitrogens is 3. The highest BCUT2D eigenvalue weighted by Crippen LogP contribution is 2.19. The number of imidazole rings is 1. The third-order valence-corrected chi connectivity index (χ3v) is 3.46. The molecule has 1 N–H and O–H groups in total. The summed E-state index contributed by atoms with van der Waals surface area (Å²) in [5, 5.41) is 4.32. The van der Waals surface area contributed by atoms with E-state index in [-0.39, 0.29) is 0 Å². The van der Waals surface area contributed by atoms with Crippen LogP contribution in [0.3, 0.4) is 0 Å². The van der Waals surface area contributed by atoms with Crippen molar-refractivity contribution in [2.75, 3.05) is 11.9 Å². The van der Waals surface area contributed by atoms with Crippen LogP contribution < -0.4 is 5.32 Å². The molecule has 17 heavy (non-hydrogen) atoms. The van der Waals surface area contributed by atoms with E-state index in [9.17, 15) is 0 Å². The van der Waals surface area contributed by atoms with Crippen LogP contribution in [-0.2, 0) is 13.0 Å². The lowest BCUT2D eigenvalue weighted by molar-refractivity contribution is 0.739. The van der Waals surface area contributed by atoms with Crippen molar-refractivity contribution in [1.82, 2.24) is 14.5 Å². The summed E-state index contributed by atoms with van der Waals surface area (Å²) in [5.41, 5.74) is 0. The predicted molar refractivity (Wildman–Crippen MR) is 71.6 cm³/mol. The molecule has 0 saturated heterocycles. The second-order valence-corrected chi connectivity index (χ2v) is 5.00. The van der Waals surface area contributed by atoms with Crippen LogP contribution in [0.25, 0.3) is 0 Å². The Morgan fingerprint density at radius 3 is 3.00 bits per heavy atom. The molecule has 0 atom stereocenters. The van der Waals surface area contributed by atoms with E-state index in [1.165, 1.54) is 4.88 Å². The number of nitrogens with one attached hydrogen (secondary N) is 1. The molecule has 92 valence electrons. The van der Waals surface area contributed by atoms with Gasteiger partial charge < -0.3 is 9.88 Å². The molecule has 5 heteroatoms. The molecule has 0 aromatic carbocycles. The molecule has 0 bridgehead atoms. The van der Waals surface area contributed by atoms with Gasteiger partial charge in [0.25, 0.3) is 0 Å². The van der Waals surface area contributed by atoms with Crippen molar-refractivity contribution in [2.24, 2.45) is 0 Å². The van der Waals surface area contributed by atoms with Crippen LogP contribution in [0.5, 0.6) is 0 Å². The van der Waals surface area contributed by atoms with Gasteiger partial charge in [-0.25, -0.2) is 9.97 Å². The third-order valence-electron chi connectivity index (χ3n) is 2.52. The van der Waals surface area contributed by atoms with E-state index < -0.39 is 0 Å². The summed E-state index contributed by atoms with van der Waals surface area (Å²) in [6.07, 6.45) is 7.92. The number of rotatable bonds is 6. The second-order valence-electron chi connectivity index (χ2n) is 3.88. The van der Waals surface area contributed by atoms with Crippen molar-refractivity contribution >= 4 is 16.5 Å². The van der Waals surface area contributed by atoms with E-state index in [1.807, 2.05) is 18.6 Å². The summed E-state index contributed by atoms with van der Waals surface area (Å²) >= 11 is 1.72. The number of thiazole rings is 1. The molecule has 0 spiro atoms. The third kappa shape index (κ3) is 3.06. The first-order valence-electron chi connectivity index (χ1n) is 6.02. The summed E-state index contributed by atoms with van der Waals surface area (Å²) in [7, 11) is 0. The molecule has 0 unspecified atom stereocenters. The maximum atomic E-state index is 4.36. The van der Waals surface area contributed by atoms with Gasteiger partial charge in [-0.05, 0) is 6.42 Å². The number of anilines is 1. The highest BCUT2D eigenvalue weighted by molar-refractivity contribution is 7.15. The maximum absolute atomic E-state index is 4.36. The minimum Gasteiger partial charge on any atom is -0.362 e. The Kier molecular flexibility index (Phi) is 4.14. The van der Waals surface area contributed by atoms with Crippen molar-refractivity contribution < 1.29 is 0 Å². The molecule has 0 amide bonds. The Labute approximate surface area is 106 Å². The van der Waals surface area contributed by atoms with Crippen LogP contribution in [0, 0.1) is 0 Å². The zero-order valence-corrected chi connectivity index (χ0v) is 11.1. The number of aryl methyl sites for hydroxylation is 1. The zero-order chi connectivity index (χ0) is 12.1. The van der Waals surface area contributed by atoms with Crippen molar-refractivity contribution in [2.45, 2.75) is 33.2 Å². The quantitative estimate of drug-likeness (QED) is 0.857. The van der Waals surface area contributed by atoms with Gasteiger partial charge in [0.05, 0.1) is 6.54 Å². The molecule has 2 aromatic heterocycles. The molecule has 2 aromatic rings. The SMILES string of the molecule is CCCNc1ncc(Cn2ccnc2CC)s1. The normalized spacial score (nSPS) is 10.7. The van der Waals surface area contributed by atoms with Crippen molar-refractivity contribution in [3.05, 3.63) is 29.3 Å². The molecule has 2 rings (SSSR count). The van der Waals surface area contributed by atoms with Crippen LogP contribution in [0.4, 0.5) is 5.13 Å². The summed E-state index contributed by atoms with van der Waals surface area (Å²) in [6.45, 7) is 6.13. The molecule has 2 heterocycles. The van der Waals surface area contributed by atoms with Gasteiger partial charge in [0.2, 0.25) is 0 Å². The van der Waals surface area contributed by atoms with Crippen LogP contribution in [0.1, 0.15) is 31.0 Å². The molecule has 0 aliphatic heterocycles. The topological polar surface area (TPSA) is 42.7 Å². The van der Waals surface area contributed by atoms with Crippen LogP contribution >= 0.6 is 11.3 Å². The molecule has 0 saturated carbocycles. The van der Waals surface area contributed by atoms with E-state index >= 15 is 0 Å². The van der Waals surface area contributed by atoms with E-state index in [2.05, 4.69) is 33.7 Å². The van der Waals surface area contributed by atoms with Gasteiger partial charge in [0.15, 0.2) is 5.13 Å². The number of hydrogen-bond donors (Lipinski definition) is 1. The molecule has 0 radical (unpaired) electrons. The lowest BCUT2D eigenvalue weighted by atomic mass is 10.4. The first kappa shape index (κ1) is 12.1. The lowest BCUT2D eigenvalue weighted by Crippen LogP contribution is -2.01. The average molecular weight is 250 g/mol. The highest BCUT2D eigenvalue weighted by Gasteiger charge is 2.05. The van der Waals surface area contributed by atoms with E-state index in [0.29, 0.717) is 0 Å². The molecule has 0 aliphatic carbocycles.